The van der Waals surface area contributed by atoms with E-state index in [1.165, 1.54) is 0 Å². The first-order valence-corrected chi connectivity index (χ1v) is 7.70. The Hall–Kier alpha value is -2.02. The number of hydrogen-bond acceptors (Lipinski definition) is 4. The minimum atomic E-state index is -0.362. The van der Waals surface area contributed by atoms with Crippen LogP contribution in [0.5, 0.6) is 5.75 Å². The molecule has 0 spiro atoms. The van der Waals surface area contributed by atoms with Gasteiger partial charge in [0.15, 0.2) is 0 Å². The Morgan fingerprint density at radius 2 is 1.78 bits per heavy atom. The summed E-state index contributed by atoms with van der Waals surface area (Å²) in [6.07, 6.45) is 1.45. The van der Waals surface area contributed by atoms with Gasteiger partial charge in [0.05, 0.1) is 0 Å². The molecule has 0 bridgehead atoms. The van der Waals surface area contributed by atoms with Crippen molar-refractivity contribution < 1.29 is 19.3 Å². The normalized spacial score (nSPS) is 10.8. The maximum absolute atomic E-state index is 11.9. The van der Waals surface area contributed by atoms with Gasteiger partial charge in [-0.2, -0.15) is 0 Å². The van der Waals surface area contributed by atoms with Crippen LogP contribution in [0.2, 0.25) is 0 Å². The van der Waals surface area contributed by atoms with Crippen LogP contribution in [0.1, 0.15) is 44.0 Å². The largest absolute Gasteiger partial charge is 0.569 e. The molecule has 2 amide bonds. The second kappa shape index (κ2) is 9.20. The van der Waals surface area contributed by atoms with Crippen molar-refractivity contribution in [3.63, 3.8) is 0 Å². The summed E-state index contributed by atoms with van der Waals surface area (Å²) in [4.78, 5) is 23.8. The number of amides is 2. The highest BCUT2D eigenvalue weighted by Gasteiger charge is 2.24. The number of nitrogens with one attached hydrogen (secondary N) is 2. The van der Waals surface area contributed by atoms with Crippen molar-refractivity contribution >= 4 is 19.5 Å². The molecule has 0 unspecified atom stereocenters. The lowest BCUT2D eigenvalue weighted by atomic mass is 9.89. The Morgan fingerprint density at radius 3 is 2.35 bits per heavy atom. The van der Waals surface area contributed by atoms with Gasteiger partial charge in [0.1, 0.15) is 5.75 Å². The molecule has 1 radical (unpaired) electrons. The second-order valence-corrected chi connectivity index (χ2v) is 5.85. The van der Waals surface area contributed by atoms with Gasteiger partial charge in [-0.25, -0.2) is 0 Å². The third-order valence-corrected chi connectivity index (χ3v) is 3.73. The molecule has 6 nitrogen and oxygen atoms in total. The number of carbonyl (C=O) groups is 2. The molecular formula is C16H24BN2O4. The van der Waals surface area contributed by atoms with Gasteiger partial charge in [-0.1, -0.05) is 20.8 Å². The lowest BCUT2D eigenvalue weighted by Crippen LogP contribution is -2.38. The van der Waals surface area contributed by atoms with Crippen LogP contribution >= 0.6 is 0 Å². The molecule has 3 N–H and O–H groups in total. The Balaban J connectivity index is 2.28. The third-order valence-electron chi connectivity index (χ3n) is 3.73. The summed E-state index contributed by atoms with van der Waals surface area (Å²) in [7, 11) is 0.587. The average molecular weight is 319 g/mol. The monoisotopic (exact) mass is 319 g/mol. The van der Waals surface area contributed by atoms with E-state index in [0.29, 0.717) is 38.5 Å². The van der Waals surface area contributed by atoms with E-state index in [1.807, 2.05) is 20.8 Å². The molecule has 0 saturated heterocycles. The summed E-state index contributed by atoms with van der Waals surface area (Å²) in [5.74, 6) is 0.289. The Morgan fingerprint density at radius 1 is 1.17 bits per heavy atom. The Kier molecular flexibility index (Phi) is 7.61. The number of rotatable bonds is 9. The van der Waals surface area contributed by atoms with Crippen molar-refractivity contribution in [2.24, 2.45) is 5.41 Å². The van der Waals surface area contributed by atoms with Gasteiger partial charge in [-0.05, 0) is 37.1 Å². The predicted octanol–water partition coefficient (Wildman–Crippen LogP) is 1.26. The highest BCUT2D eigenvalue weighted by atomic mass is 16.5. The van der Waals surface area contributed by atoms with Gasteiger partial charge < -0.3 is 20.3 Å². The van der Waals surface area contributed by atoms with E-state index in [4.69, 9.17) is 9.68 Å². The van der Waals surface area contributed by atoms with Crippen LogP contribution in [0.25, 0.3) is 0 Å². The van der Waals surface area contributed by atoms with Crippen LogP contribution in [0.3, 0.4) is 0 Å². The molecule has 0 saturated carbocycles. The molecule has 0 heterocycles. The average Bonchev–Trinajstić information content (AvgIpc) is 2.55. The van der Waals surface area contributed by atoms with Gasteiger partial charge in [0.2, 0.25) is 5.91 Å². The summed E-state index contributed by atoms with van der Waals surface area (Å²) in [5, 5.41) is 14.2. The number of hydrogen-bond donors (Lipinski definition) is 3. The smallest absolute Gasteiger partial charge is 0.537 e. The van der Waals surface area contributed by atoms with Gasteiger partial charge in [-0.3, -0.25) is 9.59 Å². The molecule has 0 aliphatic rings. The Labute approximate surface area is 137 Å². The zero-order valence-corrected chi connectivity index (χ0v) is 13.9. The van der Waals surface area contributed by atoms with Crippen LogP contribution in [0, 0.1) is 5.41 Å². The Bertz CT molecular complexity index is 517. The fourth-order valence-corrected chi connectivity index (χ4v) is 1.74. The maximum Gasteiger partial charge on any atom is 0.569 e. The van der Waals surface area contributed by atoms with Crippen molar-refractivity contribution in [2.75, 3.05) is 13.1 Å². The van der Waals surface area contributed by atoms with Crippen molar-refractivity contribution in [1.82, 2.24) is 10.6 Å². The first-order valence-electron chi connectivity index (χ1n) is 7.70. The molecule has 0 fully saturated rings. The third kappa shape index (κ3) is 6.32. The molecule has 0 aliphatic carbocycles. The molecule has 125 valence electrons. The van der Waals surface area contributed by atoms with E-state index in [1.54, 1.807) is 24.3 Å². The standard InChI is InChI=1S/C16H24BN2O4/c1-4-16(2,3)15(21)19-11-5-10-18-14(20)12-6-8-13(9-7-12)23-17-22/h6-9,22H,4-5,10-11H2,1-3H3,(H,18,20)(H,19,21). The van der Waals surface area contributed by atoms with Crippen molar-refractivity contribution in [3.8, 4) is 5.75 Å². The summed E-state index contributed by atoms with van der Waals surface area (Å²) >= 11 is 0. The molecule has 1 rings (SSSR count). The van der Waals surface area contributed by atoms with Gasteiger partial charge in [-0.15, -0.1) is 0 Å². The zero-order chi connectivity index (χ0) is 17.3. The van der Waals surface area contributed by atoms with Crippen LogP contribution < -0.4 is 15.3 Å². The first kappa shape index (κ1) is 19.0. The van der Waals surface area contributed by atoms with Crippen molar-refractivity contribution in [2.45, 2.75) is 33.6 Å². The maximum atomic E-state index is 11.9. The number of benzene rings is 1. The molecule has 7 heteroatoms. The lowest BCUT2D eigenvalue weighted by molar-refractivity contribution is -0.129. The molecule has 0 atom stereocenters. The van der Waals surface area contributed by atoms with Crippen LogP contribution in [-0.4, -0.2) is 37.6 Å². The van der Waals surface area contributed by atoms with Crippen molar-refractivity contribution in [1.29, 1.82) is 0 Å². The summed E-state index contributed by atoms with van der Waals surface area (Å²) < 4.78 is 4.77. The van der Waals surface area contributed by atoms with Crippen LogP contribution in [-0.2, 0) is 4.79 Å². The van der Waals surface area contributed by atoms with E-state index in [2.05, 4.69) is 10.6 Å². The second-order valence-electron chi connectivity index (χ2n) is 5.85. The van der Waals surface area contributed by atoms with E-state index in [-0.39, 0.29) is 17.2 Å². The van der Waals surface area contributed by atoms with Gasteiger partial charge in [0, 0.05) is 24.1 Å². The highest BCUT2D eigenvalue weighted by molar-refractivity contribution is 6.17. The fourth-order valence-electron chi connectivity index (χ4n) is 1.74. The minimum Gasteiger partial charge on any atom is -0.537 e. The topological polar surface area (TPSA) is 87.7 Å². The minimum absolute atomic E-state index is 0.0302. The molecule has 1 aromatic carbocycles. The van der Waals surface area contributed by atoms with Gasteiger partial charge >= 0.3 is 7.69 Å². The van der Waals surface area contributed by atoms with E-state index in [0.717, 1.165) is 6.42 Å². The molecule has 0 aliphatic heterocycles. The van der Waals surface area contributed by atoms with E-state index >= 15 is 0 Å². The highest BCUT2D eigenvalue weighted by Crippen LogP contribution is 2.19. The number of carbonyl (C=O) groups excluding carboxylic acids is 2. The van der Waals surface area contributed by atoms with E-state index < -0.39 is 0 Å². The van der Waals surface area contributed by atoms with Crippen molar-refractivity contribution in [3.05, 3.63) is 29.8 Å². The summed E-state index contributed by atoms with van der Waals surface area (Å²) in [6, 6.07) is 6.41. The van der Waals surface area contributed by atoms with Crippen LogP contribution in [0.15, 0.2) is 24.3 Å². The molecular weight excluding hydrogens is 295 g/mol. The molecule has 0 aromatic heterocycles. The SMILES string of the molecule is CCC(C)(C)C(=O)NCCCNC(=O)c1ccc(O[B]O)cc1. The summed E-state index contributed by atoms with van der Waals surface area (Å²) in [6.45, 7) is 6.81. The zero-order valence-electron chi connectivity index (χ0n) is 13.9. The van der Waals surface area contributed by atoms with Gasteiger partial charge in [0.25, 0.3) is 5.91 Å². The lowest BCUT2D eigenvalue weighted by Gasteiger charge is -2.21. The quantitative estimate of drug-likeness (QED) is 0.472. The molecule has 1 aromatic rings. The fraction of sp³-hybridized carbons (Fsp3) is 0.500. The summed E-state index contributed by atoms with van der Waals surface area (Å²) in [5.41, 5.74) is 0.144. The molecule has 23 heavy (non-hydrogen) atoms. The van der Waals surface area contributed by atoms with Crippen LogP contribution in [0.4, 0.5) is 0 Å². The van der Waals surface area contributed by atoms with E-state index in [9.17, 15) is 9.59 Å². The predicted molar refractivity (Wildman–Crippen MR) is 89.1 cm³/mol. The first-order chi connectivity index (χ1) is 10.9.